The molecule has 2 aromatic rings. The maximum Gasteiger partial charge on any atom is 0.269 e. The number of nitrogens with one attached hydrogen (secondary N) is 2. The summed E-state index contributed by atoms with van der Waals surface area (Å²) in [5, 5.41) is 5.97. The average molecular weight is 361 g/mol. The number of amides is 2. The van der Waals surface area contributed by atoms with Crippen LogP contribution in [0.3, 0.4) is 0 Å². The van der Waals surface area contributed by atoms with E-state index in [1.165, 1.54) is 12.3 Å². The van der Waals surface area contributed by atoms with Gasteiger partial charge in [0.05, 0.1) is 10.7 Å². The van der Waals surface area contributed by atoms with E-state index in [2.05, 4.69) is 15.6 Å². The molecule has 0 saturated heterocycles. The van der Waals surface area contributed by atoms with Crippen LogP contribution in [0.4, 0.5) is 5.69 Å². The number of hydrogen-bond donors (Lipinski definition) is 2. The largest absolute Gasteiger partial charge is 0.351 e. The summed E-state index contributed by atoms with van der Waals surface area (Å²) in [6, 6.07) is 9.97. The van der Waals surface area contributed by atoms with Gasteiger partial charge in [-0.1, -0.05) is 23.7 Å². The number of aromatic nitrogens is 1. The summed E-state index contributed by atoms with van der Waals surface area (Å²) in [5.41, 5.74) is 1.06. The van der Waals surface area contributed by atoms with E-state index >= 15 is 0 Å². The number of hydrogen-bond acceptors (Lipinski definition) is 4. The Morgan fingerprint density at radius 2 is 1.92 bits per heavy atom. The highest BCUT2D eigenvalue weighted by Crippen LogP contribution is 2.21. The van der Waals surface area contributed by atoms with E-state index in [4.69, 9.17) is 11.6 Å². The lowest BCUT2D eigenvalue weighted by Gasteiger charge is -2.10. The highest BCUT2D eigenvalue weighted by atomic mass is 35.5. The molecule has 1 aromatic heterocycles. The van der Waals surface area contributed by atoms with Crippen LogP contribution >= 0.6 is 11.6 Å². The van der Waals surface area contributed by atoms with E-state index < -0.39 is 0 Å². The van der Waals surface area contributed by atoms with E-state index in [1.54, 1.807) is 30.3 Å². The minimum absolute atomic E-state index is 0.205. The summed E-state index contributed by atoms with van der Waals surface area (Å²) in [6.07, 6.45) is 2.28. The molecule has 2 N–H and O–H groups in total. The molecule has 0 atom stereocenters. The Bertz CT molecular complexity index is 749. The molecule has 0 radical (unpaired) electrons. The number of nitrogens with zero attached hydrogens (tertiary/aromatic N) is 2. The van der Waals surface area contributed by atoms with Gasteiger partial charge in [0, 0.05) is 18.3 Å². The van der Waals surface area contributed by atoms with Gasteiger partial charge in [0.1, 0.15) is 5.69 Å². The van der Waals surface area contributed by atoms with Crippen LogP contribution in [0, 0.1) is 0 Å². The second-order valence-electron chi connectivity index (χ2n) is 5.78. The summed E-state index contributed by atoms with van der Waals surface area (Å²) in [4.78, 5) is 30.6. The molecule has 0 aliphatic carbocycles. The molecule has 0 saturated carbocycles. The zero-order chi connectivity index (χ0) is 18.2. The Balaban J connectivity index is 1.99. The van der Waals surface area contributed by atoms with Crippen molar-refractivity contribution in [3.8, 4) is 0 Å². The quantitative estimate of drug-likeness (QED) is 0.744. The smallest absolute Gasteiger partial charge is 0.269 e. The highest BCUT2D eigenvalue weighted by Gasteiger charge is 2.12. The van der Waals surface area contributed by atoms with Crippen molar-refractivity contribution < 1.29 is 9.59 Å². The predicted octanol–water partition coefficient (Wildman–Crippen LogP) is 2.67. The minimum Gasteiger partial charge on any atom is -0.351 e. The van der Waals surface area contributed by atoms with Crippen LogP contribution in [0.15, 0.2) is 42.6 Å². The van der Waals surface area contributed by atoms with Crippen molar-refractivity contribution in [3.05, 3.63) is 58.9 Å². The zero-order valence-corrected chi connectivity index (χ0v) is 15.0. The van der Waals surface area contributed by atoms with Gasteiger partial charge in [-0.3, -0.25) is 14.6 Å². The Morgan fingerprint density at radius 1 is 1.16 bits per heavy atom. The summed E-state index contributed by atoms with van der Waals surface area (Å²) in [5.74, 6) is -0.650. The number of carbonyl (C=O) groups is 2. The molecule has 0 unspecified atom stereocenters. The third kappa shape index (κ3) is 5.85. The van der Waals surface area contributed by atoms with E-state index in [9.17, 15) is 9.59 Å². The van der Waals surface area contributed by atoms with Crippen LogP contribution in [0.1, 0.15) is 27.3 Å². The van der Waals surface area contributed by atoms with Gasteiger partial charge in [-0.05, 0) is 51.3 Å². The maximum absolute atomic E-state index is 12.3. The molecule has 0 spiro atoms. The van der Waals surface area contributed by atoms with Crippen molar-refractivity contribution in [1.82, 2.24) is 15.2 Å². The first-order chi connectivity index (χ1) is 12.0. The van der Waals surface area contributed by atoms with Gasteiger partial charge >= 0.3 is 0 Å². The average Bonchev–Trinajstić information content (AvgIpc) is 2.60. The number of carbonyl (C=O) groups excluding carboxylic acids is 2. The lowest BCUT2D eigenvalue weighted by molar-refractivity contribution is 0.0947. The Kier molecular flexibility index (Phi) is 6.91. The van der Waals surface area contributed by atoms with Gasteiger partial charge in [0.25, 0.3) is 11.8 Å². The van der Waals surface area contributed by atoms with Crippen LogP contribution in [-0.4, -0.2) is 48.9 Å². The lowest BCUT2D eigenvalue weighted by atomic mass is 10.2. The second-order valence-corrected chi connectivity index (χ2v) is 6.18. The molecule has 132 valence electrons. The van der Waals surface area contributed by atoms with Crippen LogP contribution in [0.5, 0.6) is 0 Å². The third-order valence-electron chi connectivity index (χ3n) is 3.44. The van der Waals surface area contributed by atoms with Gasteiger partial charge in [0.2, 0.25) is 0 Å². The van der Waals surface area contributed by atoms with Crippen molar-refractivity contribution in [2.24, 2.45) is 0 Å². The van der Waals surface area contributed by atoms with Crippen LogP contribution < -0.4 is 10.6 Å². The molecule has 1 heterocycles. The van der Waals surface area contributed by atoms with Gasteiger partial charge in [-0.25, -0.2) is 0 Å². The number of halogens is 1. The first-order valence-corrected chi connectivity index (χ1v) is 8.30. The molecule has 0 aliphatic heterocycles. The highest BCUT2D eigenvalue weighted by molar-refractivity contribution is 6.33. The molecule has 2 amide bonds. The van der Waals surface area contributed by atoms with Crippen molar-refractivity contribution in [2.45, 2.75) is 6.42 Å². The van der Waals surface area contributed by atoms with Gasteiger partial charge in [-0.15, -0.1) is 0 Å². The molecule has 2 rings (SSSR count). The van der Waals surface area contributed by atoms with Crippen molar-refractivity contribution in [1.29, 1.82) is 0 Å². The van der Waals surface area contributed by atoms with E-state index in [0.717, 1.165) is 13.0 Å². The van der Waals surface area contributed by atoms with Crippen LogP contribution in [0.25, 0.3) is 0 Å². The third-order valence-corrected chi connectivity index (χ3v) is 3.77. The second kappa shape index (κ2) is 9.15. The minimum atomic E-state index is -0.350. The number of rotatable bonds is 7. The molecule has 0 bridgehead atoms. The number of benzene rings is 1. The number of anilines is 1. The fourth-order valence-corrected chi connectivity index (χ4v) is 2.32. The van der Waals surface area contributed by atoms with Gasteiger partial charge in [0.15, 0.2) is 0 Å². The topological polar surface area (TPSA) is 74.3 Å². The standard InChI is InChI=1S/C18H21ClN4O2/c1-23(2)11-5-9-21-18(25)16-12-13(8-10-20-16)17(24)22-15-7-4-3-6-14(15)19/h3-4,6-8,10,12H,5,9,11H2,1-2H3,(H,21,25)(H,22,24). The van der Waals surface area contributed by atoms with Crippen LogP contribution in [-0.2, 0) is 0 Å². The number of para-hydroxylation sites is 1. The van der Waals surface area contributed by atoms with E-state index in [-0.39, 0.29) is 17.5 Å². The van der Waals surface area contributed by atoms with Crippen molar-refractivity contribution in [3.63, 3.8) is 0 Å². The molecular weight excluding hydrogens is 340 g/mol. The van der Waals surface area contributed by atoms with Gasteiger partial charge in [-0.2, -0.15) is 0 Å². The molecule has 1 aromatic carbocycles. The summed E-state index contributed by atoms with van der Waals surface area (Å²) in [7, 11) is 3.95. The molecule has 25 heavy (non-hydrogen) atoms. The number of pyridine rings is 1. The molecule has 0 fully saturated rings. The lowest BCUT2D eigenvalue weighted by Crippen LogP contribution is -2.28. The first-order valence-electron chi connectivity index (χ1n) is 7.92. The molecular formula is C18H21ClN4O2. The summed E-state index contributed by atoms with van der Waals surface area (Å²) >= 11 is 6.04. The monoisotopic (exact) mass is 360 g/mol. The summed E-state index contributed by atoms with van der Waals surface area (Å²) < 4.78 is 0. The Morgan fingerprint density at radius 3 is 2.64 bits per heavy atom. The SMILES string of the molecule is CN(C)CCCNC(=O)c1cc(C(=O)Nc2ccccc2Cl)ccn1. The van der Waals surface area contributed by atoms with Gasteiger partial charge < -0.3 is 15.5 Å². The first kappa shape index (κ1) is 18.9. The predicted molar refractivity (Wildman–Crippen MR) is 99.1 cm³/mol. The van der Waals surface area contributed by atoms with Crippen molar-refractivity contribution >= 4 is 29.1 Å². The van der Waals surface area contributed by atoms with Crippen LogP contribution in [0.2, 0.25) is 5.02 Å². The van der Waals surface area contributed by atoms with E-state index in [1.807, 2.05) is 19.0 Å². The Hall–Kier alpha value is -2.44. The Labute approximate surface area is 152 Å². The normalized spacial score (nSPS) is 10.6. The summed E-state index contributed by atoms with van der Waals surface area (Å²) in [6.45, 7) is 1.43. The molecule has 6 nitrogen and oxygen atoms in total. The zero-order valence-electron chi connectivity index (χ0n) is 14.3. The molecule has 0 aliphatic rings. The molecule has 7 heteroatoms. The maximum atomic E-state index is 12.3. The fraction of sp³-hybridized carbons (Fsp3) is 0.278. The van der Waals surface area contributed by atoms with E-state index in [0.29, 0.717) is 22.8 Å². The fourth-order valence-electron chi connectivity index (χ4n) is 2.14. The van der Waals surface area contributed by atoms with Crippen molar-refractivity contribution in [2.75, 3.05) is 32.5 Å².